The highest BCUT2D eigenvalue weighted by Crippen LogP contribution is 2.28. The topological polar surface area (TPSA) is 74.4 Å². The van der Waals surface area contributed by atoms with Crippen LogP contribution in [0.4, 0.5) is 13.2 Å². The summed E-state index contributed by atoms with van der Waals surface area (Å²) >= 11 is 1.66. The fourth-order valence-corrected chi connectivity index (χ4v) is 1.73. The minimum absolute atomic E-state index is 0.0985. The number of carbonyl (C=O) groups is 1. The molecule has 0 aliphatic heterocycles. The van der Waals surface area contributed by atoms with Crippen LogP contribution < -0.4 is 10.5 Å². The van der Waals surface area contributed by atoms with Gasteiger partial charge in [0.1, 0.15) is 3.70 Å². The third-order valence-corrected chi connectivity index (χ3v) is 2.43. The number of halogens is 4. The van der Waals surface area contributed by atoms with Crippen molar-refractivity contribution in [1.82, 2.24) is 4.98 Å². The number of nitrogens with zero attached hydrogens (tertiary/aromatic N) is 1. The van der Waals surface area contributed by atoms with Crippen LogP contribution in [-0.2, 0) is 11.3 Å². The van der Waals surface area contributed by atoms with Crippen LogP contribution in [0.15, 0.2) is 6.07 Å². The molecule has 5 nitrogen and oxygen atoms in total. The molecule has 1 aromatic heterocycles. The number of esters is 1. The molecule has 9 heteroatoms. The summed E-state index contributed by atoms with van der Waals surface area (Å²) in [4.78, 5) is 15.0. The zero-order chi connectivity index (χ0) is 13.9. The van der Waals surface area contributed by atoms with Gasteiger partial charge in [-0.1, -0.05) is 0 Å². The number of nitrogens with two attached hydrogens (primary N) is 1. The highest BCUT2D eigenvalue weighted by molar-refractivity contribution is 14.1. The molecule has 0 bridgehead atoms. The first-order valence-corrected chi connectivity index (χ1v) is 5.60. The number of carbonyl (C=O) groups excluding carboxylic acids is 1. The fourth-order valence-electron chi connectivity index (χ4n) is 1.20. The highest BCUT2D eigenvalue weighted by atomic mass is 127. The summed E-state index contributed by atoms with van der Waals surface area (Å²) < 4.78 is 44.9. The second-order valence-corrected chi connectivity index (χ2v) is 4.13. The lowest BCUT2D eigenvalue weighted by Gasteiger charge is -2.14. The van der Waals surface area contributed by atoms with E-state index in [0.717, 1.165) is 7.11 Å². The molecule has 1 aromatic rings. The number of aromatic nitrogens is 1. The molecule has 0 atom stereocenters. The standard InChI is InChI=1S/C9H8F3IN2O3/c1-17-8(16)4-2-6(13)15-7(5(4)3-14)18-9(10,11)12/h2H,3,14H2,1H3. The van der Waals surface area contributed by atoms with Crippen LogP contribution in [-0.4, -0.2) is 24.4 Å². The van der Waals surface area contributed by atoms with Gasteiger partial charge in [-0.3, -0.25) is 0 Å². The monoisotopic (exact) mass is 376 g/mol. The maximum absolute atomic E-state index is 12.2. The first-order valence-electron chi connectivity index (χ1n) is 4.52. The Labute approximate surface area is 114 Å². The molecule has 0 fully saturated rings. The third kappa shape index (κ3) is 3.70. The number of hydrogen-bond acceptors (Lipinski definition) is 5. The van der Waals surface area contributed by atoms with E-state index in [1.165, 1.54) is 6.07 Å². The van der Waals surface area contributed by atoms with Crippen molar-refractivity contribution in [2.24, 2.45) is 5.73 Å². The van der Waals surface area contributed by atoms with E-state index in [1.807, 2.05) is 0 Å². The molecule has 0 aliphatic rings. The lowest BCUT2D eigenvalue weighted by Crippen LogP contribution is -2.21. The number of ether oxygens (including phenoxy) is 2. The van der Waals surface area contributed by atoms with Gasteiger partial charge in [-0.2, -0.15) is 0 Å². The van der Waals surface area contributed by atoms with E-state index in [2.05, 4.69) is 14.5 Å². The molecule has 2 N–H and O–H groups in total. The Hall–Kier alpha value is -1.10. The molecular formula is C9H8F3IN2O3. The molecule has 100 valence electrons. The predicted octanol–water partition coefficient (Wildman–Crippen LogP) is 1.83. The summed E-state index contributed by atoms with van der Waals surface area (Å²) in [6, 6.07) is 1.28. The average molecular weight is 376 g/mol. The van der Waals surface area contributed by atoms with E-state index in [0.29, 0.717) is 0 Å². The Morgan fingerprint density at radius 3 is 2.61 bits per heavy atom. The average Bonchev–Trinajstić information content (AvgIpc) is 2.25. The first kappa shape index (κ1) is 15.0. The molecule has 0 spiro atoms. The van der Waals surface area contributed by atoms with E-state index >= 15 is 0 Å². The zero-order valence-electron chi connectivity index (χ0n) is 9.05. The summed E-state index contributed by atoms with van der Waals surface area (Å²) in [6.45, 7) is -0.334. The quantitative estimate of drug-likeness (QED) is 0.495. The number of rotatable bonds is 3. The normalized spacial score (nSPS) is 11.2. The van der Waals surface area contributed by atoms with Crippen molar-refractivity contribution in [3.63, 3.8) is 0 Å². The van der Waals surface area contributed by atoms with Crippen LogP contribution >= 0.6 is 22.6 Å². The van der Waals surface area contributed by atoms with Gasteiger partial charge < -0.3 is 15.2 Å². The molecule has 1 rings (SSSR count). The molecule has 0 unspecified atom stereocenters. The van der Waals surface area contributed by atoms with E-state index in [1.54, 1.807) is 22.6 Å². The summed E-state index contributed by atoms with van der Waals surface area (Å²) in [5, 5.41) is 0. The first-order chi connectivity index (χ1) is 8.28. The van der Waals surface area contributed by atoms with Crippen molar-refractivity contribution in [3.05, 3.63) is 20.9 Å². The van der Waals surface area contributed by atoms with Gasteiger partial charge in [-0.15, -0.1) is 13.2 Å². The SMILES string of the molecule is COC(=O)c1cc(I)nc(OC(F)(F)F)c1CN. The molecule has 0 aromatic carbocycles. The Bertz CT molecular complexity index is 465. The van der Waals surface area contributed by atoms with Crippen LogP contribution in [0.1, 0.15) is 15.9 Å². The summed E-state index contributed by atoms with van der Waals surface area (Å²) in [5.41, 5.74) is 5.06. The maximum Gasteiger partial charge on any atom is 0.574 e. The van der Waals surface area contributed by atoms with E-state index in [4.69, 9.17) is 5.73 Å². The lowest BCUT2D eigenvalue weighted by molar-refractivity contribution is -0.276. The lowest BCUT2D eigenvalue weighted by atomic mass is 10.1. The van der Waals surface area contributed by atoms with Gasteiger partial charge in [0.15, 0.2) is 0 Å². The number of pyridine rings is 1. The smallest absolute Gasteiger partial charge is 0.465 e. The van der Waals surface area contributed by atoms with Crippen molar-refractivity contribution in [2.75, 3.05) is 7.11 Å². The molecule has 0 saturated heterocycles. The largest absolute Gasteiger partial charge is 0.574 e. The molecule has 0 aliphatic carbocycles. The van der Waals surface area contributed by atoms with Crippen molar-refractivity contribution in [1.29, 1.82) is 0 Å². The molecular weight excluding hydrogens is 368 g/mol. The van der Waals surface area contributed by atoms with Gasteiger partial charge in [0.2, 0.25) is 5.88 Å². The molecule has 1 heterocycles. The summed E-state index contributed by atoms with van der Waals surface area (Å²) in [7, 11) is 1.11. The van der Waals surface area contributed by atoms with Crippen molar-refractivity contribution < 1.29 is 27.4 Å². The van der Waals surface area contributed by atoms with Crippen LogP contribution in [0.25, 0.3) is 0 Å². The van der Waals surface area contributed by atoms with Gasteiger partial charge >= 0.3 is 12.3 Å². The molecule has 0 saturated carbocycles. The minimum Gasteiger partial charge on any atom is -0.465 e. The van der Waals surface area contributed by atoms with Crippen molar-refractivity contribution in [2.45, 2.75) is 12.9 Å². The van der Waals surface area contributed by atoms with Crippen LogP contribution in [0.5, 0.6) is 5.88 Å². The molecule has 18 heavy (non-hydrogen) atoms. The van der Waals surface area contributed by atoms with Crippen LogP contribution in [0.2, 0.25) is 0 Å². The number of hydrogen-bond donors (Lipinski definition) is 1. The van der Waals surface area contributed by atoms with Gasteiger partial charge in [-0.05, 0) is 28.7 Å². The van der Waals surface area contributed by atoms with Crippen molar-refractivity contribution in [3.8, 4) is 5.88 Å². The van der Waals surface area contributed by atoms with Gasteiger partial charge in [0.25, 0.3) is 0 Å². The second-order valence-electron chi connectivity index (χ2n) is 3.02. The minimum atomic E-state index is -4.91. The van der Waals surface area contributed by atoms with E-state index < -0.39 is 18.2 Å². The summed E-state index contributed by atoms with van der Waals surface area (Å²) in [5.74, 6) is -1.54. The maximum atomic E-state index is 12.2. The van der Waals surface area contributed by atoms with E-state index in [-0.39, 0.29) is 21.4 Å². The third-order valence-electron chi connectivity index (χ3n) is 1.88. The van der Waals surface area contributed by atoms with Crippen LogP contribution in [0, 0.1) is 3.70 Å². The van der Waals surface area contributed by atoms with Gasteiger partial charge in [-0.25, -0.2) is 9.78 Å². The summed E-state index contributed by atoms with van der Waals surface area (Å²) in [6.07, 6.45) is -4.91. The fraction of sp³-hybridized carbons (Fsp3) is 0.333. The Balaban J connectivity index is 3.33. The van der Waals surface area contributed by atoms with Crippen molar-refractivity contribution >= 4 is 28.6 Å². The Morgan fingerprint density at radius 2 is 2.17 bits per heavy atom. The molecule has 0 amide bonds. The highest BCUT2D eigenvalue weighted by Gasteiger charge is 2.34. The van der Waals surface area contributed by atoms with E-state index in [9.17, 15) is 18.0 Å². The number of methoxy groups -OCH3 is 1. The number of alkyl halides is 3. The zero-order valence-corrected chi connectivity index (χ0v) is 11.2. The molecule has 0 radical (unpaired) electrons. The Kier molecular flexibility index (Phi) is 4.73. The van der Waals surface area contributed by atoms with Crippen LogP contribution in [0.3, 0.4) is 0 Å². The Morgan fingerprint density at radius 1 is 1.56 bits per heavy atom. The van der Waals surface area contributed by atoms with Gasteiger partial charge in [0, 0.05) is 12.1 Å². The second kappa shape index (κ2) is 5.69. The van der Waals surface area contributed by atoms with Gasteiger partial charge in [0.05, 0.1) is 12.7 Å². The predicted molar refractivity (Wildman–Crippen MR) is 62.9 cm³/mol.